The molecule has 2 aliphatic rings. The molecule has 1 aliphatic heterocycles. The summed E-state index contributed by atoms with van der Waals surface area (Å²) in [6.07, 6.45) is 7.79. The predicted octanol–water partition coefficient (Wildman–Crippen LogP) is 5.96. The number of rotatable bonds is 13. The van der Waals surface area contributed by atoms with Crippen LogP contribution in [0.4, 0.5) is 5.69 Å². The van der Waals surface area contributed by atoms with Gasteiger partial charge in [0.25, 0.3) is 5.52 Å². The number of aryl methyl sites for hydroxylation is 2. The topological polar surface area (TPSA) is 86.5 Å². The van der Waals surface area contributed by atoms with Crippen molar-refractivity contribution in [3.8, 4) is 11.5 Å². The number of hydrogen-bond donors (Lipinski definition) is 0. The zero-order chi connectivity index (χ0) is 35.7. The molecule has 0 amide bonds. The Kier molecular flexibility index (Phi) is 12.4. The van der Waals surface area contributed by atoms with Crippen LogP contribution in [0.5, 0.6) is 11.5 Å². The standard InChI is InChI=1S/C41H44N5O4S.CH4.BrH/c1-7-18-45-34-16-14-29(48-6)20-33(34)41(4,5)37(45)22-31-39(47)32(40(31)51-26-44-24-27(3)42-43-44)23-38-46(19-8-2)35-17-15-30(21-36(35)50-38)49-25-28-12-10-9-11-13-28;;/h9-17,20-24H,7-8,18-19,25-26H2,1-6H3;1H4;1H/q+1;;/p-1. The lowest BCUT2D eigenvalue weighted by atomic mass is 9.81. The van der Waals surface area contributed by atoms with Gasteiger partial charge in [-0.05, 0) is 54.8 Å². The molecule has 9 nitrogen and oxygen atoms in total. The Morgan fingerprint density at radius 2 is 1.77 bits per heavy atom. The third-order valence-corrected chi connectivity index (χ3v) is 10.6. The summed E-state index contributed by atoms with van der Waals surface area (Å²) >= 11 is 1.59. The zero-order valence-electron chi connectivity index (χ0n) is 30.5. The van der Waals surface area contributed by atoms with Crippen LogP contribution in [0, 0.1) is 6.92 Å². The number of allylic oxidation sites excluding steroid dienone is 4. The number of carbonyl (C=O) groups is 1. The molecular weight excluding hydrogens is 750 g/mol. The van der Waals surface area contributed by atoms with Gasteiger partial charge < -0.3 is 35.8 Å². The van der Waals surface area contributed by atoms with Gasteiger partial charge in [-0.15, -0.1) is 16.9 Å². The number of halogens is 1. The smallest absolute Gasteiger partial charge is 0.374 e. The van der Waals surface area contributed by atoms with Crippen molar-refractivity contribution in [3.05, 3.63) is 123 Å². The van der Waals surface area contributed by atoms with Crippen LogP contribution < -0.4 is 35.9 Å². The van der Waals surface area contributed by atoms with Crippen LogP contribution in [0.15, 0.2) is 105 Å². The summed E-state index contributed by atoms with van der Waals surface area (Å²) in [5.74, 6) is 2.69. The van der Waals surface area contributed by atoms with Gasteiger partial charge in [0, 0.05) is 64.1 Å². The van der Waals surface area contributed by atoms with Gasteiger partial charge in [-0.25, -0.2) is 4.68 Å². The van der Waals surface area contributed by atoms with Crippen LogP contribution in [0.25, 0.3) is 17.2 Å². The number of ketones is 1. The van der Waals surface area contributed by atoms with Gasteiger partial charge in [-0.3, -0.25) is 4.79 Å². The number of Topliss-reactive ketones (excluding diaryl/α,β-unsaturated/α-hetero) is 1. The van der Waals surface area contributed by atoms with Crippen LogP contribution in [0.3, 0.4) is 0 Å². The first-order chi connectivity index (χ1) is 24.7. The molecule has 53 heavy (non-hydrogen) atoms. The van der Waals surface area contributed by atoms with Crippen molar-refractivity contribution in [2.75, 3.05) is 18.6 Å². The summed E-state index contributed by atoms with van der Waals surface area (Å²) in [5, 5.41) is 8.43. The first kappa shape index (κ1) is 39.6. The molecule has 1 aliphatic carbocycles. The SMILES string of the molecule is C.CCCN1C(=CC2=C(SCn3cc(C)nn3)C(=Cc3oc4cc(OCc5ccccc5)ccc4[n+]3CCC)C2=O)C(C)(C)c2cc(OC)ccc21.[Br-]. The molecule has 2 aromatic heterocycles. The molecule has 0 radical (unpaired) electrons. The van der Waals surface area contributed by atoms with Crippen LogP contribution in [0.1, 0.15) is 70.7 Å². The summed E-state index contributed by atoms with van der Waals surface area (Å²) in [5.41, 5.74) is 8.03. The number of thioether (sulfide) groups is 1. The molecule has 278 valence electrons. The van der Waals surface area contributed by atoms with E-state index in [0.29, 0.717) is 35.1 Å². The van der Waals surface area contributed by atoms with E-state index in [1.807, 2.05) is 73.8 Å². The van der Waals surface area contributed by atoms with Crippen molar-refractivity contribution in [1.82, 2.24) is 15.0 Å². The fraction of sp³-hybridized carbons (Fsp3) is 0.333. The van der Waals surface area contributed by atoms with E-state index in [4.69, 9.17) is 13.9 Å². The Bertz CT molecular complexity index is 2200. The molecule has 3 heterocycles. The number of ether oxygens (including phenoxy) is 2. The summed E-state index contributed by atoms with van der Waals surface area (Å²) in [6.45, 7) is 12.7. The molecule has 7 rings (SSSR count). The molecule has 0 spiro atoms. The first-order valence-corrected chi connectivity index (χ1v) is 18.5. The zero-order valence-corrected chi connectivity index (χ0v) is 32.9. The molecule has 0 bridgehead atoms. The molecule has 0 atom stereocenters. The number of carbonyl (C=O) groups excluding carboxylic acids is 1. The highest BCUT2D eigenvalue weighted by Crippen LogP contribution is 2.51. The Balaban J connectivity index is 0.00000271. The minimum atomic E-state index is -0.340. The van der Waals surface area contributed by atoms with Crippen molar-refractivity contribution in [3.63, 3.8) is 0 Å². The minimum absolute atomic E-state index is 0. The Morgan fingerprint density at radius 1 is 1.00 bits per heavy atom. The van der Waals surface area contributed by atoms with Crippen molar-refractivity contribution in [2.24, 2.45) is 0 Å². The van der Waals surface area contributed by atoms with E-state index >= 15 is 0 Å². The molecule has 0 unspecified atom stereocenters. The molecule has 0 saturated heterocycles. The maximum atomic E-state index is 14.3. The van der Waals surface area contributed by atoms with Crippen molar-refractivity contribution < 1.29 is 40.2 Å². The first-order valence-electron chi connectivity index (χ1n) is 17.5. The molecule has 11 heteroatoms. The summed E-state index contributed by atoms with van der Waals surface area (Å²) in [4.78, 5) is 17.5. The lowest BCUT2D eigenvalue weighted by Crippen LogP contribution is -3.00. The Morgan fingerprint density at radius 3 is 2.47 bits per heavy atom. The van der Waals surface area contributed by atoms with Gasteiger partial charge in [0.1, 0.15) is 18.1 Å². The van der Waals surface area contributed by atoms with E-state index < -0.39 is 0 Å². The number of oxazole rings is 1. The van der Waals surface area contributed by atoms with E-state index in [0.717, 1.165) is 70.5 Å². The number of benzene rings is 3. The second kappa shape index (κ2) is 16.6. The maximum absolute atomic E-state index is 14.3. The molecular formula is C42H48BrN5O4S. The van der Waals surface area contributed by atoms with E-state index in [9.17, 15) is 4.79 Å². The van der Waals surface area contributed by atoms with Crippen molar-refractivity contribution in [1.29, 1.82) is 0 Å². The van der Waals surface area contributed by atoms with Crippen molar-refractivity contribution in [2.45, 2.75) is 79.3 Å². The van der Waals surface area contributed by atoms with Crippen LogP contribution in [-0.4, -0.2) is 34.4 Å². The largest absolute Gasteiger partial charge is 1.00 e. The normalized spacial score (nSPS) is 16.1. The van der Waals surface area contributed by atoms with Crippen LogP contribution >= 0.6 is 11.8 Å². The number of nitrogens with zero attached hydrogens (tertiary/aromatic N) is 5. The second-order valence-corrected chi connectivity index (χ2v) is 14.4. The average molecular weight is 799 g/mol. The summed E-state index contributed by atoms with van der Waals surface area (Å²) in [7, 11) is 1.70. The quantitative estimate of drug-likeness (QED) is 0.107. The fourth-order valence-electron chi connectivity index (χ4n) is 6.88. The lowest BCUT2D eigenvalue weighted by Gasteiger charge is -2.30. The predicted molar refractivity (Wildman–Crippen MR) is 208 cm³/mol. The lowest BCUT2D eigenvalue weighted by molar-refractivity contribution is -0.678. The highest BCUT2D eigenvalue weighted by molar-refractivity contribution is 8.02. The third-order valence-electron chi connectivity index (χ3n) is 9.47. The summed E-state index contributed by atoms with van der Waals surface area (Å²) in [6, 6.07) is 22.3. The maximum Gasteiger partial charge on any atom is 0.374 e. The Labute approximate surface area is 327 Å². The van der Waals surface area contributed by atoms with Crippen molar-refractivity contribution >= 4 is 40.4 Å². The fourth-order valence-corrected chi connectivity index (χ4v) is 7.89. The second-order valence-electron chi connectivity index (χ2n) is 13.5. The van der Waals surface area contributed by atoms with Gasteiger partial charge in [0.2, 0.25) is 5.58 Å². The van der Waals surface area contributed by atoms with Crippen LogP contribution in [0.2, 0.25) is 0 Å². The molecule has 0 fully saturated rings. The number of hydrogen-bond acceptors (Lipinski definition) is 8. The van der Waals surface area contributed by atoms with E-state index in [1.54, 1.807) is 23.6 Å². The number of aromatic nitrogens is 4. The van der Waals surface area contributed by atoms with E-state index in [-0.39, 0.29) is 35.6 Å². The number of anilines is 1. The highest BCUT2D eigenvalue weighted by Gasteiger charge is 2.43. The van der Waals surface area contributed by atoms with Gasteiger partial charge >= 0.3 is 5.89 Å². The highest BCUT2D eigenvalue weighted by atomic mass is 79.9. The minimum Gasteiger partial charge on any atom is -1.00 e. The number of fused-ring (bicyclic) bond motifs is 2. The molecule has 0 saturated carbocycles. The van der Waals surface area contributed by atoms with Gasteiger partial charge in [-0.2, -0.15) is 4.57 Å². The average Bonchev–Trinajstić information content (AvgIpc) is 3.77. The van der Waals surface area contributed by atoms with Gasteiger partial charge in [-0.1, -0.05) is 70.7 Å². The van der Waals surface area contributed by atoms with E-state index in [1.165, 1.54) is 5.56 Å². The monoisotopic (exact) mass is 797 g/mol. The van der Waals surface area contributed by atoms with Gasteiger partial charge in [0.05, 0.1) is 24.8 Å². The summed E-state index contributed by atoms with van der Waals surface area (Å²) < 4.78 is 22.1. The molecule has 5 aromatic rings. The van der Waals surface area contributed by atoms with Gasteiger partial charge in [0.15, 0.2) is 12.3 Å². The molecule has 0 N–H and O–H groups in total. The van der Waals surface area contributed by atoms with Crippen LogP contribution in [-0.2, 0) is 29.2 Å². The van der Waals surface area contributed by atoms with E-state index in [2.05, 4.69) is 65.7 Å². The number of methoxy groups -OCH3 is 1. The third kappa shape index (κ3) is 7.73. The Hall–Kier alpha value is -4.61. The molecule has 3 aromatic carbocycles.